The van der Waals surface area contributed by atoms with E-state index < -0.39 is 10.0 Å². The van der Waals surface area contributed by atoms with Crippen LogP contribution in [0, 0.1) is 6.92 Å². The molecule has 0 saturated carbocycles. The van der Waals surface area contributed by atoms with Crippen molar-refractivity contribution < 1.29 is 8.42 Å². The second kappa shape index (κ2) is 5.84. The van der Waals surface area contributed by atoms with Crippen molar-refractivity contribution in [2.75, 3.05) is 6.54 Å². The van der Waals surface area contributed by atoms with Crippen molar-refractivity contribution in [3.8, 4) is 0 Å². The van der Waals surface area contributed by atoms with Crippen LogP contribution < -0.4 is 5.73 Å². The molecule has 1 aromatic carbocycles. The molecule has 0 saturated heterocycles. The van der Waals surface area contributed by atoms with Gasteiger partial charge in [0.1, 0.15) is 0 Å². The fourth-order valence-corrected chi connectivity index (χ4v) is 5.79. The molecule has 3 heterocycles. The maximum atomic E-state index is 13.4. The highest BCUT2D eigenvalue weighted by Gasteiger charge is 2.28. The molecule has 0 bridgehead atoms. The normalized spacial score (nSPS) is 12.4. The van der Waals surface area contributed by atoms with E-state index in [-0.39, 0.29) is 10.2 Å². The number of halogens is 1. The molecule has 25 heavy (non-hydrogen) atoms. The van der Waals surface area contributed by atoms with Gasteiger partial charge >= 0.3 is 0 Å². The van der Waals surface area contributed by atoms with Gasteiger partial charge in [-0.25, -0.2) is 8.96 Å². The van der Waals surface area contributed by atoms with E-state index in [1.807, 2.05) is 25.1 Å². The molecule has 9 heteroatoms. The van der Waals surface area contributed by atoms with Crippen LogP contribution in [0.3, 0.4) is 0 Å². The van der Waals surface area contributed by atoms with Crippen LogP contribution in [0.1, 0.15) is 11.1 Å². The summed E-state index contributed by atoms with van der Waals surface area (Å²) in [6.45, 7) is 2.37. The second-order valence-corrected chi connectivity index (χ2v) is 8.74. The molecule has 0 aliphatic rings. The third-order valence-electron chi connectivity index (χ3n) is 4.11. The lowest BCUT2D eigenvalue weighted by Crippen LogP contribution is -2.14. The first kappa shape index (κ1) is 16.6. The molecular formula is C16H15ClN4O2S2. The summed E-state index contributed by atoms with van der Waals surface area (Å²) >= 11 is 7.49. The predicted octanol–water partition coefficient (Wildman–Crippen LogP) is 3.05. The first-order valence-corrected chi connectivity index (χ1v) is 10.3. The maximum absolute atomic E-state index is 13.4. The van der Waals surface area contributed by atoms with Crippen molar-refractivity contribution in [1.82, 2.24) is 13.4 Å². The first-order chi connectivity index (χ1) is 11.9. The zero-order chi connectivity index (χ0) is 17.8. The Hall–Kier alpha value is -1.87. The molecule has 0 unspecified atom stereocenters. The molecular weight excluding hydrogens is 380 g/mol. The molecule has 0 radical (unpaired) electrons. The standard InChI is InChI=1S/C16H15ClN4O2S2/c1-10-2-3-12-11(4-5-18)9-21(13(12)8-10)25(22,23)15-14(17)19-16-20(15)6-7-24-16/h2-3,6-9H,4-5,18H2,1H3. The SMILES string of the molecule is Cc1ccc2c(CCN)cn(S(=O)(=O)c3c(Cl)nc4sccn34)c2c1. The lowest BCUT2D eigenvalue weighted by atomic mass is 10.1. The Morgan fingerprint density at radius 3 is 2.92 bits per heavy atom. The highest BCUT2D eigenvalue weighted by Crippen LogP contribution is 2.31. The molecule has 0 spiro atoms. The third kappa shape index (κ3) is 2.48. The van der Waals surface area contributed by atoms with Gasteiger partial charge in [0.25, 0.3) is 10.0 Å². The summed E-state index contributed by atoms with van der Waals surface area (Å²) in [4.78, 5) is 4.68. The monoisotopic (exact) mass is 394 g/mol. The number of hydrogen-bond donors (Lipinski definition) is 1. The van der Waals surface area contributed by atoms with Gasteiger partial charge in [-0.2, -0.15) is 8.42 Å². The van der Waals surface area contributed by atoms with Gasteiger partial charge in [-0.05, 0) is 37.1 Å². The van der Waals surface area contributed by atoms with Gasteiger partial charge in [-0.3, -0.25) is 4.40 Å². The second-order valence-electron chi connectivity index (χ2n) is 5.78. The van der Waals surface area contributed by atoms with Gasteiger partial charge in [-0.15, -0.1) is 11.3 Å². The van der Waals surface area contributed by atoms with Crippen molar-refractivity contribution in [2.24, 2.45) is 5.73 Å². The quantitative estimate of drug-likeness (QED) is 0.576. The van der Waals surface area contributed by atoms with Crippen LogP contribution in [0.15, 0.2) is 41.0 Å². The Morgan fingerprint density at radius 2 is 2.16 bits per heavy atom. The molecule has 0 atom stereocenters. The third-order valence-corrected chi connectivity index (χ3v) is 6.94. The van der Waals surface area contributed by atoms with E-state index in [4.69, 9.17) is 17.3 Å². The molecule has 2 N–H and O–H groups in total. The van der Waals surface area contributed by atoms with E-state index in [1.54, 1.807) is 17.8 Å². The molecule has 4 rings (SSSR count). The summed E-state index contributed by atoms with van der Waals surface area (Å²) in [7, 11) is -3.91. The number of aromatic nitrogens is 3. The zero-order valence-electron chi connectivity index (χ0n) is 13.3. The number of aryl methyl sites for hydroxylation is 1. The van der Waals surface area contributed by atoms with E-state index >= 15 is 0 Å². The van der Waals surface area contributed by atoms with Crippen molar-refractivity contribution in [3.63, 3.8) is 0 Å². The van der Waals surface area contributed by atoms with Gasteiger partial charge in [-0.1, -0.05) is 23.7 Å². The summed E-state index contributed by atoms with van der Waals surface area (Å²) in [5.74, 6) is 0. The minimum atomic E-state index is -3.91. The topological polar surface area (TPSA) is 82.4 Å². The summed E-state index contributed by atoms with van der Waals surface area (Å²) < 4.78 is 29.5. The number of nitrogens with zero attached hydrogens (tertiary/aromatic N) is 3. The van der Waals surface area contributed by atoms with Crippen LogP contribution in [0.5, 0.6) is 0 Å². The van der Waals surface area contributed by atoms with Crippen molar-refractivity contribution >= 4 is 48.8 Å². The number of fused-ring (bicyclic) bond motifs is 2. The predicted molar refractivity (Wildman–Crippen MR) is 100 cm³/mol. The summed E-state index contributed by atoms with van der Waals surface area (Å²) in [6, 6.07) is 5.74. The number of imidazole rings is 1. The van der Waals surface area contributed by atoms with Crippen molar-refractivity contribution in [1.29, 1.82) is 0 Å². The smallest absolute Gasteiger partial charge is 0.287 e. The number of thiazole rings is 1. The van der Waals surface area contributed by atoms with Crippen LogP contribution >= 0.6 is 22.9 Å². The minimum Gasteiger partial charge on any atom is -0.330 e. The van der Waals surface area contributed by atoms with E-state index in [9.17, 15) is 8.42 Å². The van der Waals surface area contributed by atoms with Crippen molar-refractivity contribution in [3.05, 3.63) is 52.3 Å². The lowest BCUT2D eigenvalue weighted by molar-refractivity contribution is 0.584. The molecule has 130 valence electrons. The molecule has 0 aliphatic heterocycles. The Morgan fingerprint density at radius 1 is 1.36 bits per heavy atom. The molecule has 0 amide bonds. The van der Waals surface area contributed by atoms with E-state index in [0.717, 1.165) is 16.5 Å². The average molecular weight is 395 g/mol. The fraction of sp³-hybridized carbons (Fsp3) is 0.188. The van der Waals surface area contributed by atoms with E-state index in [2.05, 4.69) is 4.98 Å². The van der Waals surface area contributed by atoms with Crippen LogP contribution in [0.25, 0.3) is 15.9 Å². The highest BCUT2D eigenvalue weighted by molar-refractivity contribution is 7.90. The minimum absolute atomic E-state index is 0.0249. The van der Waals surface area contributed by atoms with Crippen LogP contribution in [-0.2, 0) is 16.4 Å². The summed E-state index contributed by atoms with van der Waals surface area (Å²) in [5, 5.41) is 2.60. The van der Waals surface area contributed by atoms with Crippen LogP contribution in [-0.4, -0.2) is 28.3 Å². The maximum Gasteiger partial charge on any atom is 0.287 e. The molecule has 0 fully saturated rings. The van der Waals surface area contributed by atoms with Gasteiger partial charge in [0.05, 0.1) is 5.52 Å². The Kier molecular flexibility index (Phi) is 3.88. The fourth-order valence-electron chi connectivity index (χ4n) is 2.99. The molecule has 4 aromatic rings. The number of rotatable bonds is 4. The average Bonchev–Trinajstić information content (AvgIpc) is 3.20. The first-order valence-electron chi connectivity index (χ1n) is 7.61. The number of hydrogen-bond acceptors (Lipinski definition) is 5. The van der Waals surface area contributed by atoms with E-state index in [1.165, 1.54) is 19.7 Å². The van der Waals surface area contributed by atoms with Crippen LogP contribution in [0.2, 0.25) is 5.15 Å². The molecule has 6 nitrogen and oxygen atoms in total. The Balaban J connectivity index is 2.04. The van der Waals surface area contributed by atoms with Gasteiger partial charge in [0, 0.05) is 23.2 Å². The summed E-state index contributed by atoms with van der Waals surface area (Å²) in [5.41, 5.74) is 8.17. The molecule has 3 aromatic heterocycles. The number of nitrogens with two attached hydrogens (primary N) is 1. The van der Waals surface area contributed by atoms with Gasteiger partial charge < -0.3 is 5.73 Å². The Labute approximate surface area is 153 Å². The van der Waals surface area contributed by atoms with Crippen LogP contribution in [0.4, 0.5) is 0 Å². The van der Waals surface area contributed by atoms with E-state index in [0.29, 0.717) is 23.4 Å². The Bertz CT molecular complexity index is 1200. The lowest BCUT2D eigenvalue weighted by Gasteiger charge is -2.07. The zero-order valence-corrected chi connectivity index (χ0v) is 15.7. The van der Waals surface area contributed by atoms with Gasteiger partial charge in [0.15, 0.2) is 10.1 Å². The largest absolute Gasteiger partial charge is 0.330 e. The summed E-state index contributed by atoms with van der Waals surface area (Å²) in [6.07, 6.45) is 3.88. The highest BCUT2D eigenvalue weighted by atomic mass is 35.5. The van der Waals surface area contributed by atoms with Crippen molar-refractivity contribution in [2.45, 2.75) is 18.4 Å². The van der Waals surface area contributed by atoms with Gasteiger partial charge in [0.2, 0.25) is 5.03 Å². The molecule has 0 aliphatic carbocycles. The number of benzene rings is 1.